The van der Waals surface area contributed by atoms with Gasteiger partial charge in [0, 0.05) is 37.7 Å². The molecular formula is C23H18Cl6N2O3. The zero-order valence-electron chi connectivity index (χ0n) is 17.6. The van der Waals surface area contributed by atoms with E-state index in [1.54, 1.807) is 17.0 Å². The van der Waals surface area contributed by atoms with E-state index >= 15 is 0 Å². The van der Waals surface area contributed by atoms with Crippen molar-refractivity contribution in [1.82, 2.24) is 9.80 Å². The molecule has 1 fully saturated rings. The van der Waals surface area contributed by atoms with E-state index in [0.717, 1.165) is 30.2 Å². The van der Waals surface area contributed by atoms with Crippen LogP contribution in [-0.2, 0) is 13.2 Å². The van der Waals surface area contributed by atoms with Gasteiger partial charge in [-0.3, -0.25) is 9.69 Å². The molecule has 5 nitrogen and oxygen atoms in total. The molecule has 1 aliphatic heterocycles. The number of piperazine rings is 1. The molecule has 3 aromatic rings. The van der Waals surface area contributed by atoms with Gasteiger partial charge in [0.05, 0.1) is 15.1 Å². The van der Waals surface area contributed by atoms with Crippen molar-refractivity contribution in [2.45, 2.75) is 13.2 Å². The Kier molecular flexibility index (Phi) is 8.47. The van der Waals surface area contributed by atoms with E-state index in [-0.39, 0.29) is 49.1 Å². The molecule has 0 unspecified atom stereocenters. The lowest BCUT2D eigenvalue weighted by Gasteiger charge is -2.34. The standard InChI is InChI=1S/C23H18Cl6N2O3/c24-15-4-2-1-3-13(15)11-30-7-9-31(10-8-30)23(32)16-6-5-14(34-16)12-33-22-20(28)18(26)17(25)19(27)21(22)29/h1-6H,7-12H2. The van der Waals surface area contributed by atoms with Crippen molar-refractivity contribution in [1.29, 1.82) is 0 Å². The largest absolute Gasteiger partial charge is 0.482 e. The second kappa shape index (κ2) is 11.2. The maximum absolute atomic E-state index is 12.9. The number of hydrogen-bond acceptors (Lipinski definition) is 4. The summed E-state index contributed by atoms with van der Waals surface area (Å²) in [4.78, 5) is 16.9. The SMILES string of the molecule is O=C(c1ccc(COc2c(Cl)c(Cl)c(Cl)c(Cl)c2Cl)o1)N1CCN(Cc2ccccc2Cl)CC1. The molecule has 0 aliphatic carbocycles. The maximum atomic E-state index is 12.9. The molecule has 1 saturated heterocycles. The van der Waals surface area contributed by atoms with Crippen LogP contribution in [0.1, 0.15) is 21.9 Å². The third-order valence-electron chi connectivity index (χ3n) is 5.41. The number of halogens is 6. The van der Waals surface area contributed by atoms with Gasteiger partial charge in [0.2, 0.25) is 0 Å². The normalized spacial score (nSPS) is 14.5. The van der Waals surface area contributed by atoms with E-state index in [4.69, 9.17) is 78.8 Å². The zero-order chi connectivity index (χ0) is 24.4. The maximum Gasteiger partial charge on any atom is 0.289 e. The highest BCUT2D eigenvalue weighted by atomic mass is 35.5. The minimum atomic E-state index is -0.183. The monoisotopic (exact) mass is 580 g/mol. The minimum absolute atomic E-state index is 0.0351. The second-order valence-corrected chi connectivity index (χ2v) is 9.91. The molecule has 0 atom stereocenters. The van der Waals surface area contributed by atoms with Gasteiger partial charge >= 0.3 is 0 Å². The molecule has 180 valence electrons. The number of benzene rings is 2. The summed E-state index contributed by atoms with van der Waals surface area (Å²) < 4.78 is 11.4. The molecule has 4 rings (SSSR count). The molecular weight excluding hydrogens is 565 g/mol. The quantitative estimate of drug-likeness (QED) is 0.220. The van der Waals surface area contributed by atoms with Gasteiger partial charge in [-0.25, -0.2) is 0 Å². The van der Waals surface area contributed by atoms with Crippen molar-refractivity contribution in [3.63, 3.8) is 0 Å². The third-order valence-corrected chi connectivity index (χ3v) is 8.02. The number of furan rings is 1. The van der Waals surface area contributed by atoms with E-state index < -0.39 is 0 Å². The van der Waals surface area contributed by atoms with Crippen LogP contribution in [0, 0.1) is 0 Å². The van der Waals surface area contributed by atoms with E-state index in [0.29, 0.717) is 18.8 Å². The van der Waals surface area contributed by atoms with Gasteiger partial charge in [-0.2, -0.15) is 0 Å². The van der Waals surface area contributed by atoms with Crippen molar-refractivity contribution in [3.8, 4) is 5.75 Å². The van der Waals surface area contributed by atoms with Crippen molar-refractivity contribution in [3.05, 3.63) is 83.6 Å². The smallest absolute Gasteiger partial charge is 0.289 e. The summed E-state index contributed by atoms with van der Waals surface area (Å²) in [6, 6.07) is 11.0. The molecule has 1 aromatic heterocycles. The first-order valence-corrected chi connectivity index (χ1v) is 12.5. The molecule has 0 N–H and O–H groups in total. The summed E-state index contributed by atoms with van der Waals surface area (Å²) in [7, 11) is 0. The zero-order valence-corrected chi connectivity index (χ0v) is 22.1. The second-order valence-electron chi connectivity index (χ2n) is 7.61. The average Bonchev–Trinajstić information content (AvgIpc) is 3.32. The number of carbonyl (C=O) groups excluding carboxylic acids is 1. The third kappa shape index (κ3) is 5.57. The van der Waals surface area contributed by atoms with Crippen LogP contribution in [0.3, 0.4) is 0 Å². The van der Waals surface area contributed by atoms with Crippen LogP contribution in [-0.4, -0.2) is 41.9 Å². The first kappa shape index (κ1) is 25.8. The molecule has 1 aliphatic rings. The van der Waals surface area contributed by atoms with Crippen LogP contribution in [0.5, 0.6) is 5.75 Å². The van der Waals surface area contributed by atoms with Gasteiger partial charge in [-0.05, 0) is 23.8 Å². The van der Waals surface area contributed by atoms with E-state index in [9.17, 15) is 4.79 Å². The van der Waals surface area contributed by atoms with Gasteiger partial charge in [0.1, 0.15) is 22.4 Å². The van der Waals surface area contributed by atoms with Crippen LogP contribution in [0.15, 0.2) is 40.8 Å². The number of hydrogen-bond donors (Lipinski definition) is 0. The molecule has 0 bridgehead atoms. The predicted molar refractivity (Wildman–Crippen MR) is 137 cm³/mol. The van der Waals surface area contributed by atoms with Crippen LogP contribution < -0.4 is 4.74 Å². The average molecular weight is 583 g/mol. The van der Waals surface area contributed by atoms with Crippen molar-refractivity contribution < 1.29 is 13.9 Å². The highest BCUT2D eigenvalue weighted by molar-refractivity contribution is 6.55. The van der Waals surface area contributed by atoms with Gasteiger partial charge < -0.3 is 14.1 Å². The Hall–Kier alpha value is -1.31. The highest BCUT2D eigenvalue weighted by Crippen LogP contribution is 2.48. The van der Waals surface area contributed by atoms with E-state index in [1.165, 1.54) is 0 Å². The van der Waals surface area contributed by atoms with Crippen LogP contribution in [0.25, 0.3) is 0 Å². The Morgan fingerprint density at radius 1 is 0.824 bits per heavy atom. The molecule has 0 radical (unpaired) electrons. The minimum Gasteiger partial charge on any atom is -0.482 e. The van der Waals surface area contributed by atoms with Gasteiger partial charge in [-0.1, -0.05) is 87.8 Å². The van der Waals surface area contributed by atoms with E-state index in [2.05, 4.69) is 4.90 Å². The Bertz CT molecular complexity index is 1180. The summed E-state index contributed by atoms with van der Waals surface area (Å²) in [5.74, 6) is 0.538. The fourth-order valence-corrected chi connectivity index (χ4v) is 4.98. The van der Waals surface area contributed by atoms with E-state index in [1.807, 2.05) is 24.3 Å². The fourth-order valence-electron chi connectivity index (χ4n) is 3.56. The Morgan fingerprint density at radius 2 is 1.44 bits per heavy atom. The number of ether oxygens (including phenoxy) is 1. The van der Waals surface area contributed by atoms with Crippen LogP contribution in [0.2, 0.25) is 30.1 Å². The Balaban J connectivity index is 1.34. The summed E-state index contributed by atoms with van der Waals surface area (Å²) in [6.07, 6.45) is 0. The van der Waals surface area contributed by atoms with Crippen molar-refractivity contribution in [2.75, 3.05) is 26.2 Å². The molecule has 0 spiro atoms. The molecule has 11 heteroatoms. The Morgan fingerprint density at radius 3 is 2.09 bits per heavy atom. The topological polar surface area (TPSA) is 45.9 Å². The molecule has 1 amide bonds. The molecule has 2 heterocycles. The lowest BCUT2D eigenvalue weighted by Crippen LogP contribution is -2.48. The summed E-state index contributed by atoms with van der Waals surface area (Å²) in [5, 5.41) is 0.950. The number of amides is 1. The van der Waals surface area contributed by atoms with Gasteiger partial charge in [-0.15, -0.1) is 0 Å². The summed E-state index contributed by atoms with van der Waals surface area (Å²) in [5.41, 5.74) is 1.07. The van der Waals surface area contributed by atoms with Gasteiger partial charge in [0.15, 0.2) is 11.5 Å². The van der Waals surface area contributed by atoms with Crippen molar-refractivity contribution in [2.24, 2.45) is 0 Å². The highest BCUT2D eigenvalue weighted by Gasteiger charge is 2.25. The Labute approximate surface area is 227 Å². The fraction of sp³-hybridized carbons (Fsp3) is 0.261. The van der Waals surface area contributed by atoms with Gasteiger partial charge in [0.25, 0.3) is 5.91 Å². The lowest BCUT2D eigenvalue weighted by atomic mass is 10.2. The number of carbonyl (C=O) groups is 1. The molecule has 2 aromatic carbocycles. The number of rotatable bonds is 6. The predicted octanol–water partition coefficient (Wildman–Crippen LogP) is 7.74. The van der Waals surface area contributed by atoms with Crippen molar-refractivity contribution >= 4 is 75.5 Å². The summed E-state index contributed by atoms with van der Waals surface area (Å²) in [6.45, 7) is 3.36. The molecule has 0 saturated carbocycles. The first-order valence-electron chi connectivity index (χ1n) is 10.2. The van der Waals surface area contributed by atoms with Crippen LogP contribution in [0.4, 0.5) is 0 Å². The van der Waals surface area contributed by atoms with Crippen LogP contribution >= 0.6 is 69.6 Å². The number of nitrogens with zero attached hydrogens (tertiary/aromatic N) is 2. The molecule has 34 heavy (non-hydrogen) atoms. The lowest BCUT2D eigenvalue weighted by molar-refractivity contribution is 0.0594. The first-order chi connectivity index (χ1) is 16.3. The summed E-state index contributed by atoms with van der Waals surface area (Å²) >= 11 is 36.7.